The van der Waals surface area contributed by atoms with Gasteiger partial charge >= 0.3 is 6.03 Å². The van der Waals surface area contributed by atoms with E-state index in [0.29, 0.717) is 36.2 Å². The molecule has 2 aromatic rings. The normalized spacial score (nSPS) is 21.6. The highest BCUT2D eigenvalue weighted by molar-refractivity contribution is 7.09. The van der Waals surface area contributed by atoms with Gasteiger partial charge in [0.25, 0.3) is 0 Å². The van der Waals surface area contributed by atoms with Crippen LogP contribution in [0.5, 0.6) is 5.75 Å². The van der Waals surface area contributed by atoms with Crippen molar-refractivity contribution >= 4 is 17.4 Å². The lowest BCUT2D eigenvalue weighted by Crippen LogP contribution is -2.57. The first-order chi connectivity index (χ1) is 15.6. The molecule has 1 aromatic heterocycles. The second kappa shape index (κ2) is 10.8. The van der Waals surface area contributed by atoms with E-state index in [9.17, 15) is 9.90 Å². The standard InChI is InChI=1S/C24H30N4O3S/c25-11-18-3-5-22(6-4-18)31-17-21(29)16-27-12-19-10-20(13-27)15-28(14-19)24(30)26-8-7-23-2-1-9-32-23/h1-6,9,19-21,29H,7-8,10,12-17H2,(H,26,30). The molecule has 3 unspecified atom stereocenters. The molecule has 2 fully saturated rings. The van der Waals surface area contributed by atoms with Crippen molar-refractivity contribution in [3.05, 3.63) is 52.2 Å². The van der Waals surface area contributed by atoms with Gasteiger partial charge in [0.15, 0.2) is 0 Å². The lowest BCUT2D eigenvalue weighted by Gasteiger charge is -2.46. The van der Waals surface area contributed by atoms with Crippen LogP contribution >= 0.6 is 11.3 Å². The fourth-order valence-corrected chi connectivity index (χ4v) is 5.44. The Morgan fingerprint density at radius 1 is 1.22 bits per heavy atom. The quantitative estimate of drug-likeness (QED) is 0.640. The molecule has 0 saturated carbocycles. The first-order valence-electron chi connectivity index (χ1n) is 11.2. The molecule has 2 aliphatic rings. The SMILES string of the molecule is N#Cc1ccc(OCC(O)CN2CC3CC(C2)CN(C(=O)NCCc2cccs2)C3)cc1. The molecule has 170 valence electrons. The summed E-state index contributed by atoms with van der Waals surface area (Å²) in [6.45, 7) is 4.79. The zero-order valence-electron chi connectivity index (χ0n) is 18.2. The topological polar surface area (TPSA) is 88.8 Å². The van der Waals surface area contributed by atoms with Crippen molar-refractivity contribution in [3.63, 3.8) is 0 Å². The van der Waals surface area contributed by atoms with E-state index in [4.69, 9.17) is 10.00 Å². The van der Waals surface area contributed by atoms with Crippen LogP contribution in [-0.4, -0.2) is 72.9 Å². The van der Waals surface area contributed by atoms with Crippen LogP contribution in [0.3, 0.4) is 0 Å². The second-order valence-corrected chi connectivity index (χ2v) is 9.79. The molecule has 0 spiro atoms. The van der Waals surface area contributed by atoms with Crippen LogP contribution in [0, 0.1) is 23.2 Å². The molecule has 7 nitrogen and oxygen atoms in total. The summed E-state index contributed by atoms with van der Waals surface area (Å²) in [6.07, 6.45) is 1.44. The van der Waals surface area contributed by atoms with Gasteiger partial charge < -0.3 is 20.1 Å². The zero-order chi connectivity index (χ0) is 22.3. The molecule has 2 saturated heterocycles. The van der Waals surface area contributed by atoms with Gasteiger partial charge in [-0.25, -0.2) is 4.79 Å². The van der Waals surface area contributed by atoms with Gasteiger partial charge in [0.2, 0.25) is 0 Å². The van der Waals surface area contributed by atoms with Crippen LogP contribution in [0.4, 0.5) is 4.79 Å². The van der Waals surface area contributed by atoms with Gasteiger partial charge in [0.05, 0.1) is 11.6 Å². The van der Waals surface area contributed by atoms with Crippen molar-refractivity contribution in [2.45, 2.75) is 18.9 Å². The number of thiophene rings is 1. The summed E-state index contributed by atoms with van der Waals surface area (Å²) < 4.78 is 5.67. The van der Waals surface area contributed by atoms with Crippen molar-refractivity contribution in [1.82, 2.24) is 15.1 Å². The smallest absolute Gasteiger partial charge is 0.317 e. The van der Waals surface area contributed by atoms with Gasteiger partial charge in [-0.15, -0.1) is 11.3 Å². The second-order valence-electron chi connectivity index (χ2n) is 8.75. The number of aliphatic hydroxyl groups is 1. The van der Waals surface area contributed by atoms with E-state index >= 15 is 0 Å². The molecular weight excluding hydrogens is 424 g/mol. The summed E-state index contributed by atoms with van der Waals surface area (Å²) in [5.41, 5.74) is 0.586. The first-order valence-corrected chi connectivity index (χ1v) is 12.1. The number of fused-ring (bicyclic) bond motifs is 2. The molecule has 3 atom stereocenters. The lowest BCUT2D eigenvalue weighted by molar-refractivity contribution is 0.00922. The largest absolute Gasteiger partial charge is 0.491 e. The van der Waals surface area contributed by atoms with Gasteiger partial charge in [-0.2, -0.15) is 5.26 Å². The van der Waals surface area contributed by atoms with Crippen LogP contribution in [0.2, 0.25) is 0 Å². The number of carbonyl (C=O) groups is 1. The number of hydrogen-bond acceptors (Lipinski definition) is 6. The summed E-state index contributed by atoms with van der Waals surface area (Å²) in [6, 6.07) is 13.2. The summed E-state index contributed by atoms with van der Waals surface area (Å²) in [7, 11) is 0. The van der Waals surface area contributed by atoms with Crippen LogP contribution in [0.25, 0.3) is 0 Å². The van der Waals surface area contributed by atoms with Crippen LogP contribution < -0.4 is 10.1 Å². The maximum atomic E-state index is 12.6. The number of nitriles is 1. The Kier molecular flexibility index (Phi) is 7.63. The van der Waals surface area contributed by atoms with Gasteiger partial charge in [0, 0.05) is 44.1 Å². The molecule has 0 radical (unpaired) electrons. The van der Waals surface area contributed by atoms with Crippen molar-refractivity contribution in [2.24, 2.45) is 11.8 Å². The molecule has 2 N–H and O–H groups in total. The summed E-state index contributed by atoms with van der Waals surface area (Å²) in [5, 5.41) is 24.4. The number of urea groups is 1. The van der Waals surface area contributed by atoms with Crippen molar-refractivity contribution in [1.29, 1.82) is 5.26 Å². The van der Waals surface area contributed by atoms with Crippen LogP contribution in [0.15, 0.2) is 41.8 Å². The van der Waals surface area contributed by atoms with Crippen molar-refractivity contribution < 1.29 is 14.6 Å². The molecule has 1 aromatic carbocycles. The van der Waals surface area contributed by atoms with Gasteiger partial charge in [-0.1, -0.05) is 6.07 Å². The molecule has 2 aliphatic heterocycles. The van der Waals surface area contributed by atoms with E-state index < -0.39 is 6.10 Å². The van der Waals surface area contributed by atoms with E-state index in [0.717, 1.165) is 39.0 Å². The average molecular weight is 455 g/mol. The third kappa shape index (κ3) is 6.22. The number of nitrogens with one attached hydrogen (secondary N) is 1. The zero-order valence-corrected chi connectivity index (χ0v) is 19.0. The van der Waals surface area contributed by atoms with Crippen LogP contribution in [0.1, 0.15) is 16.9 Å². The number of nitrogens with zero attached hydrogens (tertiary/aromatic N) is 3. The predicted octanol–water partition coefficient (Wildman–Crippen LogP) is 2.57. The number of ether oxygens (including phenoxy) is 1. The molecule has 0 aliphatic carbocycles. The average Bonchev–Trinajstić information content (AvgIpc) is 3.31. The highest BCUT2D eigenvalue weighted by Crippen LogP contribution is 2.28. The van der Waals surface area contributed by atoms with E-state index in [1.165, 1.54) is 4.88 Å². The van der Waals surface area contributed by atoms with Gasteiger partial charge in [-0.05, 0) is 60.4 Å². The number of aliphatic hydroxyl groups excluding tert-OH is 1. The van der Waals surface area contributed by atoms with Gasteiger partial charge in [0.1, 0.15) is 18.5 Å². The summed E-state index contributed by atoms with van der Waals surface area (Å²) in [5.74, 6) is 1.54. The Hall–Kier alpha value is -2.60. The van der Waals surface area contributed by atoms with E-state index in [2.05, 4.69) is 27.7 Å². The number of hydrogen-bond donors (Lipinski definition) is 2. The summed E-state index contributed by atoms with van der Waals surface area (Å²) in [4.78, 5) is 18.2. The van der Waals surface area contributed by atoms with Crippen LogP contribution in [-0.2, 0) is 6.42 Å². The molecule has 4 rings (SSSR count). The molecule has 8 heteroatoms. The number of rotatable bonds is 8. The van der Waals surface area contributed by atoms with E-state index in [1.54, 1.807) is 35.6 Å². The number of β-amino-alcohol motifs (C(OH)–C–C–N with tert-alkyl or cyclic N) is 1. The third-order valence-corrected chi connectivity index (χ3v) is 7.00. The monoisotopic (exact) mass is 454 g/mol. The minimum atomic E-state index is -0.582. The number of amides is 2. The number of likely N-dealkylation sites (tertiary alicyclic amines) is 2. The molecule has 2 bridgehead atoms. The van der Waals surface area contributed by atoms with Crippen molar-refractivity contribution in [3.8, 4) is 11.8 Å². The maximum absolute atomic E-state index is 12.6. The Balaban J connectivity index is 1.18. The summed E-state index contributed by atoms with van der Waals surface area (Å²) >= 11 is 1.72. The Morgan fingerprint density at radius 3 is 2.62 bits per heavy atom. The number of piperidine rings is 2. The molecule has 2 amide bonds. The fraction of sp³-hybridized carbons (Fsp3) is 0.500. The van der Waals surface area contributed by atoms with Crippen molar-refractivity contribution in [2.75, 3.05) is 45.9 Å². The Morgan fingerprint density at radius 2 is 1.97 bits per heavy atom. The Bertz CT molecular complexity index is 898. The third-order valence-electron chi connectivity index (χ3n) is 6.07. The minimum Gasteiger partial charge on any atom is -0.491 e. The van der Waals surface area contributed by atoms with Gasteiger partial charge in [-0.3, -0.25) is 4.90 Å². The molecular formula is C24H30N4O3S. The first kappa shape index (κ1) is 22.6. The predicted molar refractivity (Wildman–Crippen MR) is 124 cm³/mol. The minimum absolute atomic E-state index is 0.0422. The van der Waals surface area contributed by atoms with E-state index in [-0.39, 0.29) is 12.6 Å². The highest BCUT2D eigenvalue weighted by Gasteiger charge is 2.36. The highest BCUT2D eigenvalue weighted by atomic mass is 32.1. The Labute approximate surface area is 193 Å². The number of benzene rings is 1. The molecule has 3 heterocycles. The lowest BCUT2D eigenvalue weighted by atomic mass is 9.84. The fourth-order valence-electron chi connectivity index (χ4n) is 4.73. The maximum Gasteiger partial charge on any atom is 0.317 e. The number of carbonyl (C=O) groups excluding carboxylic acids is 1. The van der Waals surface area contributed by atoms with E-state index in [1.807, 2.05) is 11.0 Å². The molecule has 32 heavy (non-hydrogen) atoms.